The molecule has 1 saturated heterocycles. The van der Waals surface area contributed by atoms with Crippen molar-refractivity contribution in [2.75, 3.05) is 19.8 Å². The number of rotatable bonds is 7. The monoisotopic (exact) mass is 215 g/mol. The first-order chi connectivity index (χ1) is 7.33. The number of hydrogen-bond acceptors (Lipinski definition) is 3. The summed E-state index contributed by atoms with van der Waals surface area (Å²) >= 11 is 0. The Morgan fingerprint density at radius 3 is 3.00 bits per heavy atom. The van der Waals surface area contributed by atoms with Crippen molar-refractivity contribution in [2.45, 2.75) is 57.6 Å². The quantitative estimate of drug-likeness (QED) is 0.661. The fraction of sp³-hybridized carbons (Fsp3) is 1.00. The van der Waals surface area contributed by atoms with Gasteiger partial charge in [0, 0.05) is 19.3 Å². The third-order valence-corrected chi connectivity index (χ3v) is 2.81. The average Bonchev–Trinajstić information content (AvgIpc) is 2.28. The topological polar surface area (TPSA) is 44.5 Å². The second kappa shape index (κ2) is 8.08. The summed E-state index contributed by atoms with van der Waals surface area (Å²) in [6.07, 6.45) is 7.39. The lowest BCUT2D eigenvalue weighted by Gasteiger charge is -2.23. The molecule has 1 aliphatic heterocycles. The van der Waals surface area contributed by atoms with Gasteiger partial charge in [0.25, 0.3) is 0 Å². The van der Waals surface area contributed by atoms with Crippen molar-refractivity contribution in [3.63, 3.8) is 0 Å². The Morgan fingerprint density at radius 2 is 2.33 bits per heavy atom. The van der Waals surface area contributed by atoms with E-state index in [0.717, 1.165) is 32.5 Å². The molecule has 2 N–H and O–H groups in total. The smallest absolute Gasteiger partial charge is 0.0617 e. The van der Waals surface area contributed by atoms with E-state index in [4.69, 9.17) is 15.2 Å². The molecule has 1 aliphatic rings. The van der Waals surface area contributed by atoms with Crippen LogP contribution in [0.2, 0.25) is 0 Å². The van der Waals surface area contributed by atoms with Gasteiger partial charge in [0.2, 0.25) is 0 Å². The van der Waals surface area contributed by atoms with Crippen LogP contribution < -0.4 is 5.73 Å². The lowest BCUT2D eigenvalue weighted by atomic mass is 10.0. The predicted octanol–water partition coefficient (Wildman–Crippen LogP) is 2.09. The second-order valence-corrected chi connectivity index (χ2v) is 4.40. The lowest BCUT2D eigenvalue weighted by molar-refractivity contribution is 0.00715. The van der Waals surface area contributed by atoms with Gasteiger partial charge in [-0.2, -0.15) is 0 Å². The zero-order valence-electron chi connectivity index (χ0n) is 9.91. The van der Waals surface area contributed by atoms with Crippen LogP contribution in [0.1, 0.15) is 45.4 Å². The molecule has 0 amide bonds. The normalized spacial score (nSPS) is 24.0. The molecule has 2 atom stereocenters. The SMILES string of the molecule is CCCOCC(N)CCC1CCCCO1. The van der Waals surface area contributed by atoms with Gasteiger partial charge in [-0.15, -0.1) is 0 Å². The van der Waals surface area contributed by atoms with Crippen LogP contribution in [-0.2, 0) is 9.47 Å². The fourth-order valence-electron chi connectivity index (χ4n) is 1.90. The summed E-state index contributed by atoms with van der Waals surface area (Å²) in [5.41, 5.74) is 5.95. The largest absolute Gasteiger partial charge is 0.380 e. The molecule has 1 rings (SSSR count). The molecule has 0 bridgehead atoms. The molecule has 3 nitrogen and oxygen atoms in total. The highest BCUT2D eigenvalue weighted by molar-refractivity contribution is 4.68. The number of ether oxygens (including phenoxy) is 2. The van der Waals surface area contributed by atoms with Gasteiger partial charge in [-0.3, -0.25) is 0 Å². The molecule has 1 heterocycles. The lowest BCUT2D eigenvalue weighted by Crippen LogP contribution is -2.29. The standard InChI is InChI=1S/C12H25NO2/c1-2-8-14-10-11(13)6-7-12-5-3-4-9-15-12/h11-12H,2-10,13H2,1H3. The van der Waals surface area contributed by atoms with Crippen LogP contribution in [0.4, 0.5) is 0 Å². The molecular formula is C12H25NO2. The molecule has 0 spiro atoms. The highest BCUT2D eigenvalue weighted by Crippen LogP contribution is 2.17. The first kappa shape index (κ1) is 12.9. The minimum atomic E-state index is 0.182. The minimum Gasteiger partial charge on any atom is -0.380 e. The summed E-state index contributed by atoms with van der Waals surface area (Å²) in [6.45, 7) is 4.57. The summed E-state index contributed by atoms with van der Waals surface area (Å²) in [6, 6.07) is 0.182. The van der Waals surface area contributed by atoms with E-state index >= 15 is 0 Å². The molecule has 1 fully saturated rings. The van der Waals surface area contributed by atoms with Gasteiger partial charge in [0.1, 0.15) is 0 Å². The first-order valence-electron chi connectivity index (χ1n) is 6.28. The van der Waals surface area contributed by atoms with E-state index in [2.05, 4.69) is 6.92 Å². The van der Waals surface area contributed by atoms with Crippen molar-refractivity contribution in [2.24, 2.45) is 5.73 Å². The molecule has 90 valence electrons. The molecule has 3 heteroatoms. The van der Waals surface area contributed by atoms with Gasteiger partial charge < -0.3 is 15.2 Å². The fourth-order valence-corrected chi connectivity index (χ4v) is 1.90. The first-order valence-corrected chi connectivity index (χ1v) is 6.28. The molecule has 0 aliphatic carbocycles. The van der Waals surface area contributed by atoms with Gasteiger partial charge in [-0.1, -0.05) is 6.92 Å². The summed E-state index contributed by atoms with van der Waals surface area (Å²) in [7, 11) is 0. The van der Waals surface area contributed by atoms with Crippen LogP contribution in [0, 0.1) is 0 Å². The maximum atomic E-state index is 5.95. The summed E-state index contributed by atoms with van der Waals surface area (Å²) in [4.78, 5) is 0. The van der Waals surface area contributed by atoms with Crippen LogP contribution in [0.15, 0.2) is 0 Å². The summed E-state index contributed by atoms with van der Waals surface area (Å²) < 4.78 is 11.1. The molecule has 0 aromatic carbocycles. The second-order valence-electron chi connectivity index (χ2n) is 4.40. The van der Waals surface area contributed by atoms with Crippen molar-refractivity contribution in [1.82, 2.24) is 0 Å². The molecule has 0 saturated carbocycles. The summed E-state index contributed by atoms with van der Waals surface area (Å²) in [5.74, 6) is 0. The highest BCUT2D eigenvalue weighted by Gasteiger charge is 2.14. The van der Waals surface area contributed by atoms with E-state index in [0.29, 0.717) is 12.7 Å². The van der Waals surface area contributed by atoms with E-state index in [1.807, 2.05) is 0 Å². The molecule has 0 radical (unpaired) electrons. The maximum absolute atomic E-state index is 5.95. The van der Waals surface area contributed by atoms with Crippen LogP contribution in [-0.4, -0.2) is 32.0 Å². The van der Waals surface area contributed by atoms with Crippen molar-refractivity contribution < 1.29 is 9.47 Å². The molecule has 2 unspecified atom stereocenters. The van der Waals surface area contributed by atoms with Crippen molar-refractivity contribution in [3.05, 3.63) is 0 Å². The van der Waals surface area contributed by atoms with Crippen LogP contribution in [0.3, 0.4) is 0 Å². The molecule has 15 heavy (non-hydrogen) atoms. The van der Waals surface area contributed by atoms with Gasteiger partial charge in [-0.05, 0) is 38.5 Å². The van der Waals surface area contributed by atoms with Crippen LogP contribution in [0.25, 0.3) is 0 Å². The minimum absolute atomic E-state index is 0.182. The van der Waals surface area contributed by atoms with Gasteiger partial charge >= 0.3 is 0 Å². The Balaban J connectivity index is 1.97. The molecule has 0 aromatic heterocycles. The van der Waals surface area contributed by atoms with E-state index < -0.39 is 0 Å². The Hall–Kier alpha value is -0.120. The van der Waals surface area contributed by atoms with Crippen molar-refractivity contribution >= 4 is 0 Å². The third-order valence-electron chi connectivity index (χ3n) is 2.81. The van der Waals surface area contributed by atoms with Crippen molar-refractivity contribution in [3.8, 4) is 0 Å². The Bertz CT molecular complexity index is 147. The Labute approximate surface area is 93.3 Å². The molecular weight excluding hydrogens is 190 g/mol. The van der Waals surface area contributed by atoms with Gasteiger partial charge in [0.15, 0.2) is 0 Å². The maximum Gasteiger partial charge on any atom is 0.0617 e. The number of nitrogens with two attached hydrogens (primary N) is 1. The number of hydrogen-bond donors (Lipinski definition) is 1. The summed E-state index contributed by atoms with van der Waals surface area (Å²) in [5, 5.41) is 0. The Morgan fingerprint density at radius 1 is 1.47 bits per heavy atom. The van der Waals surface area contributed by atoms with Crippen LogP contribution >= 0.6 is 0 Å². The third kappa shape index (κ3) is 6.13. The zero-order valence-corrected chi connectivity index (χ0v) is 9.91. The van der Waals surface area contributed by atoms with E-state index in [1.165, 1.54) is 19.3 Å². The van der Waals surface area contributed by atoms with Crippen LogP contribution in [0.5, 0.6) is 0 Å². The predicted molar refractivity (Wildman–Crippen MR) is 61.9 cm³/mol. The molecule has 0 aromatic rings. The van der Waals surface area contributed by atoms with Crippen molar-refractivity contribution in [1.29, 1.82) is 0 Å². The highest BCUT2D eigenvalue weighted by atomic mass is 16.5. The van der Waals surface area contributed by atoms with E-state index in [1.54, 1.807) is 0 Å². The zero-order chi connectivity index (χ0) is 10.9. The van der Waals surface area contributed by atoms with Gasteiger partial charge in [-0.25, -0.2) is 0 Å². The van der Waals surface area contributed by atoms with E-state index in [9.17, 15) is 0 Å². The average molecular weight is 215 g/mol. The van der Waals surface area contributed by atoms with E-state index in [-0.39, 0.29) is 6.04 Å². The Kier molecular flexibility index (Phi) is 6.98. The van der Waals surface area contributed by atoms with Gasteiger partial charge in [0.05, 0.1) is 12.7 Å².